The molecule has 0 aromatic rings. The van der Waals surface area contributed by atoms with E-state index in [1.807, 2.05) is 0 Å². The van der Waals surface area contributed by atoms with Crippen LogP contribution in [-0.4, -0.2) is 80.4 Å². The van der Waals surface area contributed by atoms with E-state index in [-0.39, 0.29) is 6.10 Å². The summed E-state index contributed by atoms with van der Waals surface area (Å²) in [4.78, 5) is 9.04. The molecule has 0 amide bonds. The standard InChI is InChI=1S/C14H28N4O2/c1-3-13-11-17(6-8-20-13)5-4-16-14(15)18-7-9-19-12(2)10-18/h12-13H,3-11H2,1-2H3,(H2,15,16). The molecule has 6 heteroatoms. The van der Waals surface area contributed by atoms with Gasteiger partial charge in [0.25, 0.3) is 0 Å². The summed E-state index contributed by atoms with van der Waals surface area (Å²) in [6.45, 7) is 11.2. The minimum Gasteiger partial charge on any atom is -0.376 e. The average molecular weight is 284 g/mol. The maximum absolute atomic E-state index is 6.06. The Balaban J connectivity index is 1.72. The van der Waals surface area contributed by atoms with Crippen molar-refractivity contribution in [2.24, 2.45) is 10.7 Å². The van der Waals surface area contributed by atoms with E-state index in [9.17, 15) is 0 Å². The van der Waals surface area contributed by atoms with Crippen molar-refractivity contribution in [1.29, 1.82) is 0 Å². The first-order chi connectivity index (χ1) is 9.69. The zero-order chi connectivity index (χ0) is 14.4. The van der Waals surface area contributed by atoms with Crippen molar-refractivity contribution < 1.29 is 9.47 Å². The zero-order valence-corrected chi connectivity index (χ0v) is 12.8. The smallest absolute Gasteiger partial charge is 0.191 e. The van der Waals surface area contributed by atoms with Gasteiger partial charge < -0.3 is 20.1 Å². The second kappa shape index (κ2) is 7.81. The maximum atomic E-state index is 6.06. The SMILES string of the molecule is CCC1CN(CCN=C(N)N2CCOC(C)C2)CCO1. The molecule has 116 valence electrons. The molecule has 6 nitrogen and oxygen atoms in total. The van der Waals surface area contributed by atoms with Crippen LogP contribution in [0.25, 0.3) is 0 Å². The third kappa shape index (κ3) is 4.61. The Morgan fingerprint density at radius 2 is 2.05 bits per heavy atom. The number of rotatable bonds is 4. The lowest BCUT2D eigenvalue weighted by atomic mass is 10.2. The Labute approximate surface area is 121 Å². The highest BCUT2D eigenvalue weighted by molar-refractivity contribution is 5.78. The van der Waals surface area contributed by atoms with E-state index < -0.39 is 0 Å². The molecular formula is C14H28N4O2. The van der Waals surface area contributed by atoms with Crippen LogP contribution in [0, 0.1) is 0 Å². The van der Waals surface area contributed by atoms with Gasteiger partial charge in [-0.15, -0.1) is 0 Å². The van der Waals surface area contributed by atoms with Gasteiger partial charge in [-0.05, 0) is 13.3 Å². The third-order valence-corrected chi connectivity index (χ3v) is 3.93. The molecule has 2 saturated heterocycles. The van der Waals surface area contributed by atoms with E-state index in [2.05, 4.69) is 28.6 Å². The van der Waals surface area contributed by atoms with Crippen LogP contribution in [0.15, 0.2) is 4.99 Å². The molecule has 2 unspecified atom stereocenters. The van der Waals surface area contributed by atoms with E-state index in [0.29, 0.717) is 12.1 Å². The van der Waals surface area contributed by atoms with E-state index in [4.69, 9.17) is 15.2 Å². The van der Waals surface area contributed by atoms with Crippen LogP contribution in [0.2, 0.25) is 0 Å². The number of ether oxygens (including phenoxy) is 2. The van der Waals surface area contributed by atoms with Crippen molar-refractivity contribution in [3.8, 4) is 0 Å². The van der Waals surface area contributed by atoms with Gasteiger partial charge in [0.1, 0.15) is 0 Å². The highest BCUT2D eigenvalue weighted by Crippen LogP contribution is 2.08. The Hall–Kier alpha value is -0.850. The topological polar surface area (TPSA) is 63.3 Å². The molecule has 2 fully saturated rings. The molecule has 2 aliphatic heterocycles. The van der Waals surface area contributed by atoms with Gasteiger partial charge in [0.2, 0.25) is 0 Å². The van der Waals surface area contributed by atoms with Crippen molar-refractivity contribution in [2.45, 2.75) is 32.5 Å². The molecule has 0 radical (unpaired) electrons. The predicted octanol–water partition coefficient (Wildman–Crippen LogP) is 0.133. The summed E-state index contributed by atoms with van der Waals surface area (Å²) in [5, 5.41) is 0. The van der Waals surface area contributed by atoms with Crippen molar-refractivity contribution in [3.05, 3.63) is 0 Å². The summed E-state index contributed by atoms with van der Waals surface area (Å²) in [5.41, 5.74) is 6.06. The van der Waals surface area contributed by atoms with Gasteiger partial charge >= 0.3 is 0 Å². The molecule has 0 spiro atoms. The van der Waals surface area contributed by atoms with Gasteiger partial charge in [-0.1, -0.05) is 6.92 Å². The first-order valence-corrected chi connectivity index (χ1v) is 7.69. The largest absolute Gasteiger partial charge is 0.376 e. The Bertz CT molecular complexity index is 324. The van der Waals surface area contributed by atoms with Crippen LogP contribution < -0.4 is 5.73 Å². The quantitative estimate of drug-likeness (QED) is 0.587. The molecule has 2 N–H and O–H groups in total. The van der Waals surface area contributed by atoms with Crippen molar-refractivity contribution in [3.63, 3.8) is 0 Å². The number of hydrogen-bond acceptors (Lipinski definition) is 4. The lowest BCUT2D eigenvalue weighted by molar-refractivity contribution is -0.0285. The summed E-state index contributed by atoms with van der Waals surface area (Å²) < 4.78 is 11.2. The van der Waals surface area contributed by atoms with Gasteiger partial charge in [0.05, 0.1) is 32.0 Å². The maximum Gasteiger partial charge on any atom is 0.191 e. The fraction of sp³-hybridized carbons (Fsp3) is 0.929. The lowest BCUT2D eigenvalue weighted by Crippen LogP contribution is -2.48. The molecule has 2 aliphatic rings. The highest BCUT2D eigenvalue weighted by Gasteiger charge is 2.19. The van der Waals surface area contributed by atoms with E-state index in [0.717, 1.165) is 58.9 Å². The second-order valence-corrected chi connectivity index (χ2v) is 5.57. The normalized spacial score (nSPS) is 29.7. The molecule has 20 heavy (non-hydrogen) atoms. The van der Waals surface area contributed by atoms with Crippen LogP contribution in [0.5, 0.6) is 0 Å². The monoisotopic (exact) mass is 284 g/mol. The Kier molecular flexibility index (Phi) is 6.06. The number of hydrogen-bond donors (Lipinski definition) is 1. The molecule has 2 rings (SSSR count). The van der Waals surface area contributed by atoms with Gasteiger partial charge in [-0.3, -0.25) is 9.89 Å². The van der Waals surface area contributed by atoms with Crippen LogP contribution in [0.1, 0.15) is 20.3 Å². The summed E-state index contributed by atoms with van der Waals surface area (Å²) in [5.74, 6) is 0.653. The van der Waals surface area contributed by atoms with Crippen LogP contribution in [0.4, 0.5) is 0 Å². The van der Waals surface area contributed by atoms with Crippen LogP contribution in [-0.2, 0) is 9.47 Å². The van der Waals surface area contributed by atoms with E-state index >= 15 is 0 Å². The second-order valence-electron chi connectivity index (χ2n) is 5.57. The molecule has 0 aromatic carbocycles. The zero-order valence-electron chi connectivity index (χ0n) is 12.8. The van der Waals surface area contributed by atoms with Gasteiger partial charge in [0, 0.05) is 32.7 Å². The molecule has 2 heterocycles. The Morgan fingerprint density at radius 3 is 2.80 bits per heavy atom. The fourth-order valence-corrected chi connectivity index (χ4v) is 2.66. The van der Waals surface area contributed by atoms with Crippen molar-refractivity contribution in [1.82, 2.24) is 9.80 Å². The highest BCUT2D eigenvalue weighted by atomic mass is 16.5. The van der Waals surface area contributed by atoms with Crippen LogP contribution >= 0.6 is 0 Å². The van der Waals surface area contributed by atoms with Gasteiger partial charge in [-0.25, -0.2) is 0 Å². The number of nitrogens with two attached hydrogens (primary N) is 1. The third-order valence-electron chi connectivity index (χ3n) is 3.93. The van der Waals surface area contributed by atoms with E-state index in [1.54, 1.807) is 0 Å². The Morgan fingerprint density at radius 1 is 1.25 bits per heavy atom. The van der Waals surface area contributed by atoms with Gasteiger partial charge in [0.15, 0.2) is 5.96 Å². The summed E-state index contributed by atoms with van der Waals surface area (Å²) >= 11 is 0. The molecule has 0 saturated carbocycles. The molecule has 0 bridgehead atoms. The number of aliphatic imine (C=N–C) groups is 1. The number of nitrogens with zero attached hydrogens (tertiary/aromatic N) is 3. The minimum atomic E-state index is 0.238. The predicted molar refractivity (Wildman–Crippen MR) is 79.9 cm³/mol. The van der Waals surface area contributed by atoms with Crippen LogP contribution in [0.3, 0.4) is 0 Å². The van der Waals surface area contributed by atoms with E-state index in [1.165, 1.54) is 0 Å². The molecule has 0 aliphatic carbocycles. The summed E-state index contributed by atoms with van der Waals surface area (Å²) in [7, 11) is 0. The van der Waals surface area contributed by atoms with Crippen molar-refractivity contribution >= 4 is 5.96 Å². The minimum absolute atomic E-state index is 0.238. The van der Waals surface area contributed by atoms with Gasteiger partial charge in [-0.2, -0.15) is 0 Å². The lowest BCUT2D eigenvalue weighted by Gasteiger charge is -2.33. The fourth-order valence-electron chi connectivity index (χ4n) is 2.66. The average Bonchev–Trinajstić information content (AvgIpc) is 2.47. The van der Waals surface area contributed by atoms with Crippen molar-refractivity contribution in [2.75, 3.05) is 52.5 Å². The first kappa shape index (κ1) is 15.5. The first-order valence-electron chi connectivity index (χ1n) is 7.69. The number of morpholine rings is 2. The number of guanidine groups is 1. The molecular weight excluding hydrogens is 256 g/mol. The summed E-state index contributed by atoms with van der Waals surface area (Å²) in [6, 6.07) is 0. The molecule has 0 aromatic heterocycles. The summed E-state index contributed by atoms with van der Waals surface area (Å²) in [6.07, 6.45) is 1.69. The molecule has 2 atom stereocenters.